The second-order valence-corrected chi connectivity index (χ2v) is 6.33. The fourth-order valence-electron chi connectivity index (χ4n) is 2.63. The normalized spacial score (nSPS) is 16.3. The Hall–Kier alpha value is -1.40. The van der Waals surface area contributed by atoms with E-state index in [-0.39, 0.29) is 17.7 Å². The fraction of sp³-hybridized carbons (Fsp3) is 0.500. The maximum atomic E-state index is 12.1. The van der Waals surface area contributed by atoms with Crippen LogP contribution in [0.2, 0.25) is 0 Å². The van der Waals surface area contributed by atoms with Crippen LogP contribution in [0.25, 0.3) is 0 Å². The van der Waals surface area contributed by atoms with Gasteiger partial charge in [0.05, 0.1) is 12.2 Å². The minimum absolute atomic E-state index is 0.0247. The first kappa shape index (κ1) is 17.0. The van der Waals surface area contributed by atoms with E-state index in [0.717, 1.165) is 36.1 Å². The summed E-state index contributed by atoms with van der Waals surface area (Å²) in [4.78, 5) is 26.0. The number of halogens is 1. The van der Waals surface area contributed by atoms with Crippen molar-refractivity contribution < 1.29 is 9.59 Å². The number of hydrogen-bond donors (Lipinski definition) is 2. The Morgan fingerprint density at radius 2 is 1.95 bits per heavy atom. The number of piperidine rings is 1. The van der Waals surface area contributed by atoms with Gasteiger partial charge in [0.15, 0.2) is 0 Å². The molecule has 1 fully saturated rings. The van der Waals surface area contributed by atoms with Crippen LogP contribution < -0.4 is 10.6 Å². The average molecular weight is 368 g/mol. The van der Waals surface area contributed by atoms with Crippen molar-refractivity contribution in [3.8, 4) is 0 Å². The summed E-state index contributed by atoms with van der Waals surface area (Å²) in [7, 11) is 0. The molecule has 1 aliphatic heterocycles. The third kappa shape index (κ3) is 4.81. The number of nitrogens with zero attached hydrogens (tertiary/aromatic N) is 1. The van der Waals surface area contributed by atoms with E-state index >= 15 is 0 Å². The van der Waals surface area contributed by atoms with Gasteiger partial charge in [0.2, 0.25) is 11.8 Å². The van der Waals surface area contributed by atoms with Crippen molar-refractivity contribution in [3.05, 3.63) is 28.7 Å². The lowest BCUT2D eigenvalue weighted by molar-refractivity contribution is -0.126. The highest BCUT2D eigenvalue weighted by Crippen LogP contribution is 2.21. The number of likely N-dealkylation sites (tertiary alicyclic amines) is 1. The molecule has 0 saturated carbocycles. The third-order valence-electron chi connectivity index (χ3n) is 3.82. The first-order valence-corrected chi connectivity index (χ1v) is 8.44. The molecule has 22 heavy (non-hydrogen) atoms. The second kappa shape index (κ2) is 8.29. The van der Waals surface area contributed by atoms with Gasteiger partial charge in [0.25, 0.3) is 0 Å². The van der Waals surface area contributed by atoms with E-state index in [9.17, 15) is 9.59 Å². The number of carbonyl (C=O) groups is 2. The molecular weight excluding hydrogens is 346 g/mol. The summed E-state index contributed by atoms with van der Waals surface area (Å²) < 4.78 is 0.873. The van der Waals surface area contributed by atoms with Crippen molar-refractivity contribution in [1.29, 1.82) is 0 Å². The summed E-state index contributed by atoms with van der Waals surface area (Å²) in [6.45, 7) is 4.53. The minimum Gasteiger partial charge on any atom is -0.356 e. The number of hydrogen-bond acceptors (Lipinski definition) is 3. The zero-order valence-electron chi connectivity index (χ0n) is 12.8. The van der Waals surface area contributed by atoms with E-state index in [4.69, 9.17) is 0 Å². The van der Waals surface area contributed by atoms with Crippen molar-refractivity contribution in [2.75, 3.05) is 31.5 Å². The lowest BCUT2D eigenvalue weighted by Crippen LogP contribution is -2.43. The van der Waals surface area contributed by atoms with Crippen LogP contribution in [0.1, 0.15) is 19.8 Å². The van der Waals surface area contributed by atoms with Gasteiger partial charge in [-0.05, 0) is 60.9 Å². The van der Waals surface area contributed by atoms with Crippen molar-refractivity contribution in [1.82, 2.24) is 10.2 Å². The summed E-state index contributed by atoms with van der Waals surface area (Å²) in [5, 5.41) is 5.77. The minimum atomic E-state index is -0.0247. The van der Waals surface area contributed by atoms with Crippen molar-refractivity contribution >= 4 is 33.4 Å². The molecule has 5 nitrogen and oxygen atoms in total. The molecule has 2 rings (SSSR count). The Kier molecular flexibility index (Phi) is 6.39. The molecule has 1 aromatic carbocycles. The largest absolute Gasteiger partial charge is 0.356 e. The smallest absolute Gasteiger partial charge is 0.238 e. The maximum Gasteiger partial charge on any atom is 0.238 e. The molecule has 1 aromatic rings. The van der Waals surface area contributed by atoms with Gasteiger partial charge in [0.1, 0.15) is 0 Å². The van der Waals surface area contributed by atoms with E-state index in [1.54, 1.807) is 0 Å². The van der Waals surface area contributed by atoms with Crippen LogP contribution in [-0.2, 0) is 9.59 Å². The van der Waals surface area contributed by atoms with Gasteiger partial charge >= 0.3 is 0 Å². The molecule has 1 saturated heterocycles. The third-order valence-corrected chi connectivity index (χ3v) is 4.52. The fourth-order valence-corrected chi connectivity index (χ4v) is 3.01. The van der Waals surface area contributed by atoms with Crippen LogP contribution >= 0.6 is 15.9 Å². The first-order valence-electron chi connectivity index (χ1n) is 7.64. The van der Waals surface area contributed by atoms with Gasteiger partial charge in [-0.1, -0.05) is 12.1 Å². The van der Waals surface area contributed by atoms with Crippen molar-refractivity contribution in [2.24, 2.45) is 5.92 Å². The van der Waals surface area contributed by atoms with Gasteiger partial charge in [-0.15, -0.1) is 0 Å². The summed E-state index contributed by atoms with van der Waals surface area (Å²) in [5.41, 5.74) is 0.782. The molecule has 2 N–H and O–H groups in total. The Bertz CT molecular complexity index is 528. The summed E-state index contributed by atoms with van der Waals surface area (Å²) in [6, 6.07) is 7.56. The molecule has 120 valence electrons. The number of benzene rings is 1. The number of carbonyl (C=O) groups excluding carboxylic acids is 2. The molecule has 6 heteroatoms. The van der Waals surface area contributed by atoms with Crippen molar-refractivity contribution in [3.63, 3.8) is 0 Å². The predicted octanol–water partition coefficient (Wildman–Crippen LogP) is 2.24. The topological polar surface area (TPSA) is 61.4 Å². The van der Waals surface area contributed by atoms with Crippen LogP contribution in [0, 0.1) is 5.92 Å². The predicted molar refractivity (Wildman–Crippen MR) is 90.6 cm³/mol. The van der Waals surface area contributed by atoms with Gasteiger partial charge in [-0.25, -0.2) is 0 Å². The van der Waals surface area contributed by atoms with Crippen LogP contribution in [0.3, 0.4) is 0 Å². The molecule has 0 atom stereocenters. The van der Waals surface area contributed by atoms with E-state index in [0.29, 0.717) is 13.1 Å². The second-order valence-electron chi connectivity index (χ2n) is 5.47. The van der Waals surface area contributed by atoms with Gasteiger partial charge < -0.3 is 10.6 Å². The molecule has 1 heterocycles. The van der Waals surface area contributed by atoms with Gasteiger partial charge in [-0.3, -0.25) is 14.5 Å². The lowest BCUT2D eigenvalue weighted by Gasteiger charge is -2.30. The Morgan fingerprint density at radius 1 is 1.27 bits per heavy atom. The van der Waals surface area contributed by atoms with E-state index < -0.39 is 0 Å². The zero-order chi connectivity index (χ0) is 15.9. The number of para-hydroxylation sites is 1. The molecule has 1 aliphatic rings. The highest BCUT2D eigenvalue weighted by atomic mass is 79.9. The van der Waals surface area contributed by atoms with Crippen LogP contribution in [-0.4, -0.2) is 42.9 Å². The molecular formula is C16H22BrN3O2. The quantitative estimate of drug-likeness (QED) is 0.838. The summed E-state index contributed by atoms with van der Waals surface area (Å²) in [5.74, 6) is 0.200. The van der Waals surface area contributed by atoms with Gasteiger partial charge in [0, 0.05) is 16.9 Å². The lowest BCUT2D eigenvalue weighted by atomic mass is 9.96. The zero-order valence-corrected chi connectivity index (χ0v) is 14.4. The van der Waals surface area contributed by atoms with Gasteiger partial charge in [-0.2, -0.15) is 0 Å². The summed E-state index contributed by atoms with van der Waals surface area (Å²) in [6.07, 6.45) is 1.63. The molecule has 0 aromatic heterocycles. The first-order chi connectivity index (χ1) is 10.6. The number of anilines is 1. The molecule has 0 bridgehead atoms. The van der Waals surface area contributed by atoms with E-state index in [1.165, 1.54) is 0 Å². The monoisotopic (exact) mass is 367 g/mol. The Morgan fingerprint density at radius 3 is 2.59 bits per heavy atom. The highest BCUT2D eigenvalue weighted by Gasteiger charge is 2.25. The standard InChI is InChI=1S/C16H22BrN3O2/c1-2-18-16(22)12-7-9-20(10-8-12)11-15(21)19-14-6-4-3-5-13(14)17/h3-6,12H,2,7-11H2,1H3,(H,18,22)(H,19,21). The molecule has 0 unspecified atom stereocenters. The maximum absolute atomic E-state index is 12.1. The number of nitrogens with one attached hydrogen (secondary N) is 2. The van der Waals surface area contributed by atoms with Crippen molar-refractivity contribution in [2.45, 2.75) is 19.8 Å². The summed E-state index contributed by atoms with van der Waals surface area (Å²) >= 11 is 3.42. The number of amides is 2. The SMILES string of the molecule is CCNC(=O)C1CCN(CC(=O)Nc2ccccc2Br)CC1. The molecule has 0 radical (unpaired) electrons. The van der Waals surface area contributed by atoms with E-state index in [2.05, 4.69) is 31.5 Å². The van der Waals surface area contributed by atoms with Crippen LogP contribution in [0.5, 0.6) is 0 Å². The number of rotatable bonds is 5. The Labute approximate surface area is 139 Å². The van der Waals surface area contributed by atoms with E-state index in [1.807, 2.05) is 31.2 Å². The average Bonchev–Trinajstić information content (AvgIpc) is 2.50. The van der Waals surface area contributed by atoms with Crippen LogP contribution in [0.15, 0.2) is 28.7 Å². The molecule has 0 aliphatic carbocycles. The molecule has 0 spiro atoms. The van der Waals surface area contributed by atoms with Crippen LogP contribution in [0.4, 0.5) is 5.69 Å². The highest BCUT2D eigenvalue weighted by molar-refractivity contribution is 9.10. The Balaban J connectivity index is 1.77. The molecule has 2 amide bonds.